The highest BCUT2D eigenvalue weighted by atomic mass is 16.5. The van der Waals surface area contributed by atoms with Gasteiger partial charge in [0.05, 0.1) is 25.4 Å². The van der Waals surface area contributed by atoms with E-state index < -0.39 is 23.1 Å². The zero-order valence-electron chi connectivity index (χ0n) is 21.2. The molecule has 6 rings (SSSR count). The van der Waals surface area contributed by atoms with Crippen LogP contribution in [0.1, 0.15) is 67.2 Å². The molecule has 3 aromatic rings. The molecule has 196 valence electrons. The molecule has 8 nitrogen and oxygen atoms in total. The molecular weight excluding hydrogens is 482 g/mol. The van der Waals surface area contributed by atoms with Gasteiger partial charge in [-0.15, -0.1) is 0 Å². The monoisotopic (exact) mass is 513 g/mol. The van der Waals surface area contributed by atoms with Gasteiger partial charge in [-0.2, -0.15) is 5.26 Å². The van der Waals surface area contributed by atoms with Crippen LogP contribution in [0.3, 0.4) is 0 Å². The van der Waals surface area contributed by atoms with E-state index in [1.54, 1.807) is 6.07 Å². The summed E-state index contributed by atoms with van der Waals surface area (Å²) in [7, 11) is 0. The number of furan rings is 1. The summed E-state index contributed by atoms with van der Waals surface area (Å²) >= 11 is 0. The highest BCUT2D eigenvalue weighted by molar-refractivity contribution is 6.00. The average molecular weight is 514 g/mol. The highest BCUT2D eigenvalue weighted by Gasteiger charge is 2.50. The number of nitrogens with zero attached hydrogens (tertiary/aromatic N) is 1. The number of carbonyl (C=O) groups excluding carboxylic acids is 2. The van der Waals surface area contributed by atoms with Gasteiger partial charge in [0.2, 0.25) is 5.91 Å². The number of amides is 2. The summed E-state index contributed by atoms with van der Waals surface area (Å²) in [5.74, 6) is -0.413. The molecule has 2 aromatic carbocycles. The Hall–Kier alpha value is -3.67. The molecule has 2 saturated carbocycles. The Morgan fingerprint density at radius 3 is 2.29 bits per heavy atom. The fourth-order valence-electron chi connectivity index (χ4n) is 5.47. The maximum Gasteiger partial charge on any atom is 0.287 e. The molecule has 0 bridgehead atoms. The van der Waals surface area contributed by atoms with Crippen LogP contribution in [0.15, 0.2) is 52.9 Å². The van der Waals surface area contributed by atoms with Crippen molar-refractivity contribution in [2.75, 3.05) is 13.2 Å². The number of benzene rings is 2. The van der Waals surface area contributed by atoms with Crippen molar-refractivity contribution in [3.63, 3.8) is 0 Å². The summed E-state index contributed by atoms with van der Waals surface area (Å²) in [6.07, 6.45) is 4.51. The summed E-state index contributed by atoms with van der Waals surface area (Å²) in [6.45, 7) is 1.17. The van der Waals surface area contributed by atoms with Crippen LogP contribution >= 0.6 is 0 Å². The lowest BCUT2D eigenvalue weighted by Gasteiger charge is -2.37. The Balaban J connectivity index is 1.20. The van der Waals surface area contributed by atoms with Crippen LogP contribution in [-0.4, -0.2) is 41.2 Å². The third-order valence-electron chi connectivity index (χ3n) is 8.25. The van der Waals surface area contributed by atoms with E-state index in [9.17, 15) is 20.0 Å². The molecule has 1 aromatic heterocycles. The smallest absolute Gasteiger partial charge is 0.287 e. The van der Waals surface area contributed by atoms with E-state index in [4.69, 9.17) is 9.15 Å². The lowest BCUT2D eigenvalue weighted by molar-refractivity contribution is -0.129. The Morgan fingerprint density at radius 2 is 1.66 bits per heavy atom. The number of rotatable bonds is 7. The fourth-order valence-corrected chi connectivity index (χ4v) is 5.47. The first-order chi connectivity index (χ1) is 18.4. The van der Waals surface area contributed by atoms with Gasteiger partial charge < -0.3 is 24.9 Å². The van der Waals surface area contributed by atoms with E-state index in [-0.39, 0.29) is 17.6 Å². The van der Waals surface area contributed by atoms with Crippen molar-refractivity contribution >= 4 is 22.8 Å². The third kappa shape index (κ3) is 4.57. The molecule has 1 aliphatic heterocycles. The minimum absolute atomic E-state index is 0.143. The number of fused-ring (bicyclic) bond motifs is 1. The second-order valence-corrected chi connectivity index (χ2v) is 11.0. The predicted octanol–water partition coefficient (Wildman–Crippen LogP) is 4.38. The first kappa shape index (κ1) is 24.7. The largest absolute Gasteiger partial charge is 0.451 e. The molecule has 0 spiro atoms. The summed E-state index contributed by atoms with van der Waals surface area (Å²) in [5, 5.41) is 26.6. The fraction of sp³-hybridized carbons (Fsp3) is 0.433. The summed E-state index contributed by atoms with van der Waals surface area (Å²) in [5.41, 5.74) is 1.52. The summed E-state index contributed by atoms with van der Waals surface area (Å²) in [4.78, 5) is 26.6. The number of hydrogen-bond acceptors (Lipinski definition) is 6. The Morgan fingerprint density at radius 1 is 0.947 bits per heavy atom. The third-order valence-corrected chi connectivity index (χ3v) is 8.25. The van der Waals surface area contributed by atoms with Crippen LogP contribution < -0.4 is 10.6 Å². The van der Waals surface area contributed by atoms with Crippen molar-refractivity contribution in [3.8, 4) is 17.2 Å². The van der Waals surface area contributed by atoms with E-state index in [0.29, 0.717) is 44.5 Å². The molecule has 2 heterocycles. The molecule has 3 fully saturated rings. The first-order valence-electron chi connectivity index (χ1n) is 13.4. The molecule has 2 aliphatic carbocycles. The van der Waals surface area contributed by atoms with E-state index in [0.717, 1.165) is 41.3 Å². The molecule has 0 radical (unpaired) electrons. The molecule has 38 heavy (non-hydrogen) atoms. The number of aliphatic hydroxyl groups is 1. The highest BCUT2D eigenvalue weighted by Crippen LogP contribution is 2.37. The number of hydrogen-bond donors (Lipinski definition) is 3. The average Bonchev–Trinajstić information content (AvgIpc) is 3.55. The van der Waals surface area contributed by atoms with Crippen molar-refractivity contribution in [1.29, 1.82) is 5.26 Å². The van der Waals surface area contributed by atoms with Gasteiger partial charge in [0.25, 0.3) is 5.91 Å². The lowest BCUT2D eigenvalue weighted by Crippen LogP contribution is -2.61. The van der Waals surface area contributed by atoms with Gasteiger partial charge in [-0.1, -0.05) is 55.7 Å². The van der Waals surface area contributed by atoms with Crippen LogP contribution in [-0.2, 0) is 9.53 Å². The molecule has 1 saturated heterocycles. The number of nitriles is 1. The van der Waals surface area contributed by atoms with Gasteiger partial charge in [-0.05, 0) is 54.5 Å². The maximum atomic E-state index is 13.3. The quantitative estimate of drug-likeness (QED) is 0.431. The van der Waals surface area contributed by atoms with Gasteiger partial charge in [-0.25, -0.2) is 0 Å². The molecule has 2 amide bonds. The maximum absolute atomic E-state index is 13.3. The Kier molecular flexibility index (Phi) is 6.21. The van der Waals surface area contributed by atoms with Crippen molar-refractivity contribution in [3.05, 3.63) is 59.9 Å². The second kappa shape index (κ2) is 9.57. The Labute approximate surface area is 221 Å². The van der Waals surface area contributed by atoms with E-state index >= 15 is 0 Å². The van der Waals surface area contributed by atoms with Crippen molar-refractivity contribution in [1.82, 2.24) is 10.6 Å². The summed E-state index contributed by atoms with van der Waals surface area (Å²) < 4.78 is 11.1. The van der Waals surface area contributed by atoms with Gasteiger partial charge in [-0.3, -0.25) is 9.59 Å². The number of carbonyl (C=O) groups is 2. The molecule has 3 aliphatic rings. The Bertz CT molecular complexity index is 1410. The SMILES string of the molecule is N#CC1(NC(=O)C2(NC(=O)c3cc4ccc(-c5ccc(C(O)C6COC6)cc5)cc4o3)CCCCC2)CC1. The molecule has 3 N–H and O–H groups in total. The predicted molar refractivity (Wildman–Crippen MR) is 140 cm³/mol. The summed E-state index contributed by atoms with van der Waals surface area (Å²) in [6, 6.07) is 17.5. The van der Waals surface area contributed by atoms with Crippen LogP contribution in [0.25, 0.3) is 22.1 Å². The normalized spacial score (nSPS) is 20.6. The van der Waals surface area contributed by atoms with E-state index in [2.05, 4.69) is 16.7 Å². The van der Waals surface area contributed by atoms with Gasteiger partial charge >= 0.3 is 0 Å². The van der Waals surface area contributed by atoms with E-state index in [1.807, 2.05) is 42.5 Å². The first-order valence-corrected chi connectivity index (χ1v) is 13.4. The topological polar surface area (TPSA) is 125 Å². The molecule has 8 heteroatoms. The van der Waals surface area contributed by atoms with Crippen molar-refractivity contribution in [2.45, 2.75) is 62.1 Å². The van der Waals surface area contributed by atoms with Gasteiger partial charge in [0.1, 0.15) is 16.7 Å². The second-order valence-electron chi connectivity index (χ2n) is 11.0. The molecule has 1 atom stereocenters. The minimum Gasteiger partial charge on any atom is -0.451 e. The van der Waals surface area contributed by atoms with Crippen molar-refractivity contribution in [2.24, 2.45) is 5.92 Å². The number of ether oxygens (including phenoxy) is 1. The van der Waals surface area contributed by atoms with Crippen LogP contribution in [0.4, 0.5) is 0 Å². The zero-order chi connectivity index (χ0) is 26.3. The van der Waals surface area contributed by atoms with E-state index in [1.165, 1.54) is 0 Å². The lowest BCUT2D eigenvalue weighted by atomic mass is 9.80. The standard InChI is InChI=1S/C30H31N3O5/c31-18-29(12-13-29)33-28(36)30(10-2-1-3-11-30)32-27(35)25-15-22-9-8-21(14-24(22)38-25)19-4-6-20(7-5-19)26(34)23-16-37-17-23/h4-9,14-15,23,26,34H,1-3,10-13,16-17H2,(H,32,35)(H,33,36). The van der Waals surface area contributed by atoms with Crippen LogP contribution in [0.2, 0.25) is 0 Å². The van der Waals surface area contributed by atoms with Crippen LogP contribution in [0.5, 0.6) is 0 Å². The van der Waals surface area contributed by atoms with Gasteiger partial charge in [0, 0.05) is 11.3 Å². The van der Waals surface area contributed by atoms with Crippen LogP contribution in [0, 0.1) is 17.2 Å². The van der Waals surface area contributed by atoms with Gasteiger partial charge in [0.15, 0.2) is 5.76 Å². The number of nitrogens with one attached hydrogen (secondary N) is 2. The van der Waals surface area contributed by atoms with Crippen molar-refractivity contribution < 1.29 is 23.8 Å². The zero-order valence-corrected chi connectivity index (χ0v) is 21.2. The molecular formula is C30H31N3O5. The number of aliphatic hydroxyl groups excluding tert-OH is 1. The minimum atomic E-state index is -1.04. The molecule has 1 unspecified atom stereocenters.